The summed E-state index contributed by atoms with van der Waals surface area (Å²) in [5, 5.41) is 0. The first kappa shape index (κ1) is 13.0. The van der Waals surface area contributed by atoms with Gasteiger partial charge < -0.3 is 0 Å². The molecule has 7 heteroatoms. The highest BCUT2D eigenvalue weighted by molar-refractivity contribution is 9.10. The highest BCUT2D eigenvalue weighted by atomic mass is 79.9. The molecule has 0 bridgehead atoms. The van der Waals surface area contributed by atoms with Crippen LogP contribution in [0.2, 0.25) is 0 Å². The lowest BCUT2D eigenvalue weighted by molar-refractivity contribution is 0.600. The molecular formula is C11H10BrN3O2S. The van der Waals surface area contributed by atoms with E-state index in [2.05, 4.69) is 30.6 Å². The van der Waals surface area contributed by atoms with E-state index in [0.717, 1.165) is 10.0 Å². The Kier molecular flexibility index (Phi) is 3.63. The zero-order chi connectivity index (χ0) is 13.2. The number of rotatable bonds is 3. The Morgan fingerprint density at radius 1 is 1.22 bits per heavy atom. The molecule has 0 aliphatic carbocycles. The van der Waals surface area contributed by atoms with Crippen molar-refractivity contribution in [2.45, 2.75) is 11.8 Å². The van der Waals surface area contributed by atoms with E-state index in [9.17, 15) is 8.42 Å². The summed E-state index contributed by atoms with van der Waals surface area (Å²) < 4.78 is 27.2. The lowest BCUT2D eigenvalue weighted by Gasteiger charge is -2.07. The number of aryl methyl sites for hydroxylation is 1. The number of nitrogens with zero attached hydrogens (tertiary/aromatic N) is 2. The summed E-state index contributed by atoms with van der Waals surface area (Å²) in [7, 11) is -3.66. The van der Waals surface area contributed by atoms with Gasteiger partial charge in [-0.3, -0.25) is 0 Å². The quantitative estimate of drug-likeness (QED) is 0.939. The largest absolute Gasteiger partial charge is 0.264 e. The molecule has 94 valence electrons. The van der Waals surface area contributed by atoms with Crippen LogP contribution in [0, 0.1) is 6.92 Å². The van der Waals surface area contributed by atoms with Crippen LogP contribution in [0.3, 0.4) is 0 Å². The molecule has 0 atom stereocenters. The van der Waals surface area contributed by atoms with Crippen molar-refractivity contribution in [3.8, 4) is 0 Å². The van der Waals surface area contributed by atoms with Gasteiger partial charge in [0, 0.05) is 16.9 Å². The lowest BCUT2D eigenvalue weighted by Crippen LogP contribution is -2.14. The molecule has 0 aliphatic rings. The number of benzene rings is 1. The second-order valence-electron chi connectivity index (χ2n) is 3.59. The smallest absolute Gasteiger partial charge is 0.247 e. The minimum Gasteiger partial charge on any atom is -0.247 e. The van der Waals surface area contributed by atoms with Gasteiger partial charge in [-0.15, -0.1) is 0 Å². The Morgan fingerprint density at radius 2 is 1.89 bits per heavy atom. The van der Waals surface area contributed by atoms with Gasteiger partial charge in [-0.25, -0.2) is 23.1 Å². The van der Waals surface area contributed by atoms with Crippen molar-refractivity contribution < 1.29 is 8.42 Å². The minimum absolute atomic E-state index is 0.0502. The summed E-state index contributed by atoms with van der Waals surface area (Å²) in [5.41, 5.74) is 0.963. The summed E-state index contributed by atoms with van der Waals surface area (Å²) in [5.74, 6) is 0.0502. The number of hydrogen-bond donors (Lipinski definition) is 1. The van der Waals surface area contributed by atoms with E-state index in [0.29, 0.717) is 0 Å². The molecule has 2 aromatic rings. The monoisotopic (exact) mass is 327 g/mol. The molecule has 1 aromatic heterocycles. The van der Waals surface area contributed by atoms with Gasteiger partial charge in [0.25, 0.3) is 10.0 Å². The summed E-state index contributed by atoms with van der Waals surface area (Å²) in [6.07, 6.45) is 2.94. The van der Waals surface area contributed by atoms with Gasteiger partial charge in [-0.1, -0.05) is 22.0 Å². The molecular weight excluding hydrogens is 318 g/mol. The Balaban J connectivity index is 2.34. The van der Waals surface area contributed by atoms with Gasteiger partial charge in [0.1, 0.15) is 0 Å². The van der Waals surface area contributed by atoms with E-state index in [-0.39, 0.29) is 10.8 Å². The third-order valence-electron chi connectivity index (χ3n) is 2.25. The number of hydrogen-bond acceptors (Lipinski definition) is 4. The first-order valence-corrected chi connectivity index (χ1v) is 7.33. The van der Waals surface area contributed by atoms with Crippen LogP contribution >= 0.6 is 15.9 Å². The molecule has 2 rings (SSSR count). The Bertz CT molecular complexity index is 659. The van der Waals surface area contributed by atoms with Crippen molar-refractivity contribution in [3.63, 3.8) is 0 Å². The molecule has 0 amide bonds. The molecule has 0 radical (unpaired) electrons. The van der Waals surface area contributed by atoms with Crippen molar-refractivity contribution in [2.24, 2.45) is 0 Å². The first-order valence-electron chi connectivity index (χ1n) is 5.05. The topological polar surface area (TPSA) is 72.0 Å². The standard InChI is InChI=1S/C11H10BrN3O2S/c1-8-3-4-9(7-10(8)12)18(16,17)15-11-13-5-2-6-14-11/h2-7H,1H3,(H,13,14,15). The van der Waals surface area contributed by atoms with Gasteiger partial charge >= 0.3 is 0 Å². The average Bonchev–Trinajstić information content (AvgIpc) is 2.33. The number of sulfonamides is 1. The molecule has 18 heavy (non-hydrogen) atoms. The molecule has 1 N–H and O–H groups in total. The van der Waals surface area contributed by atoms with Gasteiger partial charge in [-0.05, 0) is 30.7 Å². The first-order chi connectivity index (χ1) is 8.49. The summed E-state index contributed by atoms with van der Waals surface area (Å²) in [6.45, 7) is 1.88. The predicted octanol–water partition coefficient (Wildman–Crippen LogP) is 2.35. The van der Waals surface area contributed by atoms with Gasteiger partial charge in [0.05, 0.1) is 4.90 Å². The number of nitrogens with one attached hydrogen (secondary N) is 1. The fourth-order valence-corrected chi connectivity index (χ4v) is 2.79. The van der Waals surface area contributed by atoms with Crippen molar-refractivity contribution in [1.82, 2.24) is 9.97 Å². The van der Waals surface area contributed by atoms with Crippen LogP contribution in [0.25, 0.3) is 0 Å². The summed E-state index contributed by atoms with van der Waals surface area (Å²) in [6, 6.07) is 6.41. The number of anilines is 1. The minimum atomic E-state index is -3.66. The SMILES string of the molecule is Cc1ccc(S(=O)(=O)Nc2ncccn2)cc1Br. The van der Waals surface area contributed by atoms with E-state index in [1.807, 2.05) is 6.92 Å². The molecule has 0 fully saturated rings. The average molecular weight is 328 g/mol. The molecule has 1 heterocycles. The third-order valence-corrected chi connectivity index (χ3v) is 4.43. The zero-order valence-electron chi connectivity index (χ0n) is 9.46. The molecule has 0 unspecified atom stereocenters. The number of aromatic nitrogens is 2. The Hall–Kier alpha value is -1.47. The van der Waals surface area contributed by atoms with Crippen molar-refractivity contribution in [3.05, 3.63) is 46.7 Å². The molecule has 0 spiro atoms. The van der Waals surface area contributed by atoms with Crippen molar-refractivity contribution in [2.75, 3.05) is 4.72 Å². The van der Waals surface area contributed by atoms with E-state index in [1.165, 1.54) is 18.5 Å². The fourth-order valence-electron chi connectivity index (χ4n) is 1.27. The van der Waals surface area contributed by atoms with Crippen LogP contribution in [0.5, 0.6) is 0 Å². The predicted molar refractivity (Wildman–Crippen MR) is 71.7 cm³/mol. The van der Waals surface area contributed by atoms with Crippen LogP contribution in [-0.4, -0.2) is 18.4 Å². The molecule has 5 nitrogen and oxygen atoms in total. The molecule has 0 saturated carbocycles. The van der Waals surface area contributed by atoms with Gasteiger partial charge in [-0.2, -0.15) is 0 Å². The van der Waals surface area contributed by atoms with Gasteiger partial charge in [0.2, 0.25) is 5.95 Å². The molecule has 0 saturated heterocycles. The van der Waals surface area contributed by atoms with E-state index < -0.39 is 10.0 Å². The van der Waals surface area contributed by atoms with E-state index >= 15 is 0 Å². The van der Waals surface area contributed by atoms with Crippen LogP contribution in [0.15, 0.2) is 46.0 Å². The maximum Gasteiger partial charge on any atom is 0.264 e. The van der Waals surface area contributed by atoms with Crippen LogP contribution in [0.4, 0.5) is 5.95 Å². The fraction of sp³-hybridized carbons (Fsp3) is 0.0909. The normalized spacial score (nSPS) is 11.2. The molecule has 1 aromatic carbocycles. The summed E-state index contributed by atoms with van der Waals surface area (Å²) in [4.78, 5) is 7.79. The second kappa shape index (κ2) is 5.03. The van der Waals surface area contributed by atoms with Gasteiger partial charge in [0.15, 0.2) is 0 Å². The second-order valence-corrected chi connectivity index (χ2v) is 6.13. The lowest BCUT2D eigenvalue weighted by atomic mass is 10.2. The highest BCUT2D eigenvalue weighted by Crippen LogP contribution is 2.21. The third kappa shape index (κ3) is 2.85. The Labute approximate surface area is 113 Å². The van der Waals surface area contributed by atoms with E-state index in [4.69, 9.17) is 0 Å². The summed E-state index contributed by atoms with van der Waals surface area (Å²) >= 11 is 3.30. The van der Waals surface area contributed by atoms with Crippen molar-refractivity contribution >= 4 is 31.9 Å². The maximum absolute atomic E-state index is 12.1. The van der Waals surface area contributed by atoms with Crippen LogP contribution in [-0.2, 0) is 10.0 Å². The zero-order valence-corrected chi connectivity index (χ0v) is 11.9. The highest BCUT2D eigenvalue weighted by Gasteiger charge is 2.16. The van der Waals surface area contributed by atoms with Crippen LogP contribution in [0.1, 0.15) is 5.56 Å². The van der Waals surface area contributed by atoms with Crippen LogP contribution < -0.4 is 4.72 Å². The Morgan fingerprint density at radius 3 is 2.50 bits per heavy atom. The maximum atomic E-state index is 12.1. The number of halogens is 1. The van der Waals surface area contributed by atoms with E-state index in [1.54, 1.807) is 18.2 Å². The van der Waals surface area contributed by atoms with Crippen molar-refractivity contribution in [1.29, 1.82) is 0 Å². The molecule has 0 aliphatic heterocycles.